The molecule has 0 unspecified atom stereocenters. The van der Waals surface area contributed by atoms with Crippen LogP contribution in [0.15, 0.2) is 53.1 Å². The molecule has 1 aromatic carbocycles. The highest BCUT2D eigenvalue weighted by molar-refractivity contribution is 7.18. The summed E-state index contributed by atoms with van der Waals surface area (Å²) in [4.78, 5) is 40.0. The fraction of sp³-hybridized carbons (Fsp3) is 0.261. The van der Waals surface area contributed by atoms with E-state index in [1.165, 1.54) is 22.5 Å². The minimum Gasteiger partial charge on any atom is -0.459 e. The van der Waals surface area contributed by atoms with Gasteiger partial charge < -0.3 is 20.0 Å². The second-order valence-electron chi connectivity index (χ2n) is 7.14. The molecule has 3 amide bonds. The highest BCUT2D eigenvalue weighted by Crippen LogP contribution is 2.28. The Morgan fingerprint density at radius 1 is 1.03 bits per heavy atom. The van der Waals surface area contributed by atoms with Crippen molar-refractivity contribution < 1.29 is 18.8 Å². The average Bonchev–Trinajstić information content (AvgIpc) is 3.39. The minimum atomic E-state index is -0.381. The zero-order chi connectivity index (χ0) is 22.4. The Labute approximate surface area is 185 Å². The van der Waals surface area contributed by atoms with Gasteiger partial charge in [-0.15, -0.1) is 11.3 Å². The number of thiophene rings is 1. The first-order chi connectivity index (χ1) is 14.9. The van der Waals surface area contributed by atoms with Crippen LogP contribution in [0, 0.1) is 13.8 Å². The van der Waals surface area contributed by atoms with Crippen molar-refractivity contribution in [2.75, 3.05) is 23.7 Å². The summed E-state index contributed by atoms with van der Waals surface area (Å²) in [5, 5.41) is 6.16. The molecular weight excluding hydrogens is 414 g/mol. The number of carbonyl (C=O) groups excluding carboxylic acids is 3. The highest BCUT2D eigenvalue weighted by Gasteiger charge is 2.23. The van der Waals surface area contributed by atoms with E-state index in [1.54, 1.807) is 18.2 Å². The fourth-order valence-electron chi connectivity index (χ4n) is 3.08. The van der Waals surface area contributed by atoms with Crippen LogP contribution in [0.3, 0.4) is 0 Å². The van der Waals surface area contributed by atoms with Gasteiger partial charge >= 0.3 is 0 Å². The molecule has 3 aromatic rings. The number of nitrogens with zero attached hydrogens (tertiary/aromatic N) is 1. The molecule has 0 spiro atoms. The lowest BCUT2D eigenvalue weighted by molar-refractivity contribution is -0.116. The van der Waals surface area contributed by atoms with E-state index in [0.717, 1.165) is 23.2 Å². The van der Waals surface area contributed by atoms with Crippen LogP contribution in [-0.2, 0) is 4.79 Å². The van der Waals surface area contributed by atoms with Crippen LogP contribution in [0.1, 0.15) is 44.7 Å². The van der Waals surface area contributed by atoms with E-state index in [-0.39, 0.29) is 30.0 Å². The minimum absolute atomic E-state index is 0.0492. The second-order valence-corrected chi connectivity index (χ2v) is 8.20. The zero-order valence-corrected chi connectivity index (χ0v) is 18.5. The second kappa shape index (κ2) is 10.1. The van der Waals surface area contributed by atoms with Crippen molar-refractivity contribution >= 4 is 39.7 Å². The Morgan fingerprint density at radius 3 is 2.48 bits per heavy atom. The van der Waals surface area contributed by atoms with Gasteiger partial charge in [-0.2, -0.15) is 0 Å². The first-order valence-corrected chi connectivity index (χ1v) is 10.8. The van der Waals surface area contributed by atoms with Crippen LogP contribution in [0.4, 0.5) is 10.7 Å². The van der Waals surface area contributed by atoms with Gasteiger partial charge in [0.05, 0.1) is 16.1 Å². The maximum atomic E-state index is 13.2. The van der Waals surface area contributed by atoms with Gasteiger partial charge in [0.1, 0.15) is 6.54 Å². The number of hydrogen-bond donors (Lipinski definition) is 2. The molecule has 0 saturated carbocycles. The molecule has 7 nitrogen and oxygen atoms in total. The predicted molar refractivity (Wildman–Crippen MR) is 122 cm³/mol. The first kappa shape index (κ1) is 22.3. The first-order valence-electron chi connectivity index (χ1n) is 9.99. The van der Waals surface area contributed by atoms with E-state index in [9.17, 15) is 14.4 Å². The van der Waals surface area contributed by atoms with Gasteiger partial charge in [-0.1, -0.05) is 25.1 Å². The Balaban J connectivity index is 1.70. The third kappa shape index (κ3) is 5.61. The zero-order valence-electron chi connectivity index (χ0n) is 17.7. The summed E-state index contributed by atoms with van der Waals surface area (Å²) >= 11 is 1.18. The molecule has 2 N–H and O–H groups in total. The molecule has 0 aliphatic rings. The highest BCUT2D eigenvalue weighted by atomic mass is 32.1. The molecule has 2 heterocycles. The van der Waals surface area contributed by atoms with Crippen LogP contribution in [0.5, 0.6) is 0 Å². The van der Waals surface area contributed by atoms with Gasteiger partial charge in [0.2, 0.25) is 5.91 Å². The maximum absolute atomic E-state index is 13.2. The van der Waals surface area contributed by atoms with E-state index in [1.807, 2.05) is 45.0 Å². The lowest BCUT2D eigenvalue weighted by Gasteiger charge is -2.21. The van der Waals surface area contributed by atoms with Crippen molar-refractivity contribution in [3.8, 4) is 0 Å². The van der Waals surface area contributed by atoms with Crippen molar-refractivity contribution in [1.29, 1.82) is 0 Å². The van der Waals surface area contributed by atoms with Crippen LogP contribution in [0.25, 0.3) is 0 Å². The lowest BCUT2D eigenvalue weighted by atomic mass is 10.2. The molecule has 0 atom stereocenters. The summed E-state index contributed by atoms with van der Waals surface area (Å²) in [6, 6.07) is 12.4. The standard InChI is InChI=1S/C23H25N3O4S/c1-4-11-26(14-19(27)24-17-9-6-5-8-15(17)2)23(29)21-16(3)13-20(31-21)25-22(28)18-10-7-12-30-18/h5-10,12-13H,4,11,14H2,1-3H3,(H,24,27)(H,25,28). The molecule has 0 aliphatic carbocycles. The number of nitrogens with one attached hydrogen (secondary N) is 2. The molecule has 0 bridgehead atoms. The van der Waals surface area contributed by atoms with E-state index >= 15 is 0 Å². The summed E-state index contributed by atoms with van der Waals surface area (Å²) in [5.74, 6) is -0.674. The van der Waals surface area contributed by atoms with Crippen LogP contribution in [-0.4, -0.2) is 35.7 Å². The Bertz CT molecular complexity index is 1070. The van der Waals surface area contributed by atoms with Crippen molar-refractivity contribution in [2.45, 2.75) is 27.2 Å². The van der Waals surface area contributed by atoms with Gasteiger partial charge in [0.15, 0.2) is 5.76 Å². The van der Waals surface area contributed by atoms with Gasteiger partial charge in [0, 0.05) is 12.2 Å². The summed E-state index contributed by atoms with van der Waals surface area (Å²) < 4.78 is 5.10. The van der Waals surface area contributed by atoms with Crippen LogP contribution in [0.2, 0.25) is 0 Å². The molecular formula is C23H25N3O4S. The number of anilines is 2. The van der Waals surface area contributed by atoms with Gasteiger partial charge in [-0.05, 0) is 55.7 Å². The Hall–Kier alpha value is -3.39. The van der Waals surface area contributed by atoms with Crippen molar-refractivity contribution in [3.63, 3.8) is 0 Å². The molecule has 162 valence electrons. The normalized spacial score (nSPS) is 10.5. The summed E-state index contributed by atoms with van der Waals surface area (Å²) in [6.45, 7) is 6.08. The van der Waals surface area contributed by atoms with E-state index in [4.69, 9.17) is 4.42 Å². The molecule has 0 aliphatic heterocycles. The predicted octanol–water partition coefficient (Wildman–Crippen LogP) is 4.70. The average molecular weight is 440 g/mol. The number of carbonyl (C=O) groups is 3. The monoisotopic (exact) mass is 439 g/mol. The number of amides is 3. The third-order valence-corrected chi connectivity index (χ3v) is 5.77. The molecule has 0 fully saturated rings. The Morgan fingerprint density at radius 2 is 1.81 bits per heavy atom. The topological polar surface area (TPSA) is 91.7 Å². The molecule has 3 rings (SSSR count). The van der Waals surface area contributed by atoms with Gasteiger partial charge in [-0.3, -0.25) is 14.4 Å². The molecule has 0 saturated heterocycles. The van der Waals surface area contributed by atoms with E-state index < -0.39 is 0 Å². The number of aryl methyl sites for hydroxylation is 2. The molecule has 0 radical (unpaired) electrons. The van der Waals surface area contributed by atoms with Crippen LogP contribution >= 0.6 is 11.3 Å². The summed E-state index contributed by atoms with van der Waals surface area (Å²) in [7, 11) is 0. The number of rotatable bonds is 8. The number of para-hydroxylation sites is 1. The smallest absolute Gasteiger partial charge is 0.291 e. The molecule has 31 heavy (non-hydrogen) atoms. The van der Waals surface area contributed by atoms with Gasteiger partial charge in [-0.25, -0.2) is 0 Å². The number of hydrogen-bond acceptors (Lipinski definition) is 5. The van der Waals surface area contributed by atoms with Crippen LogP contribution < -0.4 is 10.6 Å². The number of furan rings is 1. The maximum Gasteiger partial charge on any atom is 0.291 e. The van der Waals surface area contributed by atoms with Crippen molar-refractivity contribution in [1.82, 2.24) is 4.90 Å². The SMILES string of the molecule is CCCN(CC(=O)Nc1ccccc1C)C(=O)c1sc(NC(=O)c2ccco2)cc1C. The van der Waals surface area contributed by atoms with E-state index in [2.05, 4.69) is 10.6 Å². The third-order valence-electron chi connectivity index (χ3n) is 4.63. The van der Waals surface area contributed by atoms with Gasteiger partial charge in [0.25, 0.3) is 11.8 Å². The largest absolute Gasteiger partial charge is 0.459 e. The molecule has 2 aromatic heterocycles. The van der Waals surface area contributed by atoms with Crippen molar-refractivity contribution in [3.05, 3.63) is 70.5 Å². The van der Waals surface area contributed by atoms with E-state index in [0.29, 0.717) is 16.4 Å². The number of benzene rings is 1. The summed E-state index contributed by atoms with van der Waals surface area (Å²) in [6.07, 6.45) is 2.14. The summed E-state index contributed by atoms with van der Waals surface area (Å²) in [5.41, 5.74) is 2.42. The quantitative estimate of drug-likeness (QED) is 0.532. The fourth-order valence-corrected chi connectivity index (χ4v) is 4.12. The lowest BCUT2D eigenvalue weighted by Crippen LogP contribution is -2.38. The van der Waals surface area contributed by atoms with Crippen molar-refractivity contribution in [2.24, 2.45) is 0 Å². The molecule has 8 heteroatoms. The Kier molecular flexibility index (Phi) is 7.25.